The third-order valence-electron chi connectivity index (χ3n) is 3.62. The van der Waals surface area contributed by atoms with Crippen LogP contribution in [-0.4, -0.2) is 5.11 Å². The van der Waals surface area contributed by atoms with Crippen LogP contribution >= 0.6 is 0 Å². The molecule has 0 fully saturated rings. The Morgan fingerprint density at radius 2 is 2.06 bits per heavy atom. The first-order valence-corrected chi connectivity index (χ1v) is 6.44. The molecular formula is C15H22O. The summed E-state index contributed by atoms with van der Waals surface area (Å²) >= 11 is 0. The first kappa shape index (κ1) is 11.7. The zero-order valence-electron chi connectivity index (χ0n) is 10.3. The van der Waals surface area contributed by atoms with Crippen LogP contribution in [0.2, 0.25) is 0 Å². The zero-order valence-corrected chi connectivity index (χ0v) is 10.3. The number of hydrogen-bond acceptors (Lipinski definition) is 1. The van der Waals surface area contributed by atoms with Gasteiger partial charge >= 0.3 is 0 Å². The summed E-state index contributed by atoms with van der Waals surface area (Å²) in [6, 6.07) is 8.38. The van der Waals surface area contributed by atoms with E-state index in [9.17, 15) is 5.11 Å². The average Bonchev–Trinajstić information content (AvgIpc) is 2.40. The van der Waals surface area contributed by atoms with E-state index < -0.39 is 0 Å². The highest BCUT2D eigenvalue weighted by Crippen LogP contribution is 2.36. The van der Waals surface area contributed by atoms with E-state index >= 15 is 0 Å². The minimum Gasteiger partial charge on any atom is -0.388 e. The van der Waals surface area contributed by atoms with Crippen LogP contribution in [0.4, 0.5) is 0 Å². The number of fused-ring (bicyclic) bond motifs is 1. The highest BCUT2D eigenvalue weighted by atomic mass is 16.3. The predicted octanol–water partition coefficient (Wildman–Crippen LogP) is 3.72. The van der Waals surface area contributed by atoms with Crippen molar-refractivity contribution in [3.8, 4) is 0 Å². The number of rotatable bonds is 2. The van der Waals surface area contributed by atoms with Crippen LogP contribution in [0, 0.1) is 11.8 Å². The van der Waals surface area contributed by atoms with E-state index in [0.717, 1.165) is 19.3 Å². The van der Waals surface area contributed by atoms with E-state index in [0.29, 0.717) is 11.8 Å². The molecule has 88 valence electrons. The second-order valence-corrected chi connectivity index (χ2v) is 5.43. The molecule has 0 saturated carbocycles. The minimum atomic E-state index is -0.249. The summed E-state index contributed by atoms with van der Waals surface area (Å²) in [6.45, 7) is 4.48. The van der Waals surface area contributed by atoms with Crippen molar-refractivity contribution in [1.82, 2.24) is 0 Å². The van der Waals surface area contributed by atoms with Gasteiger partial charge < -0.3 is 5.11 Å². The van der Waals surface area contributed by atoms with Crippen molar-refractivity contribution in [2.75, 3.05) is 0 Å². The highest BCUT2D eigenvalue weighted by molar-refractivity contribution is 5.30. The first-order valence-electron chi connectivity index (χ1n) is 6.44. The summed E-state index contributed by atoms with van der Waals surface area (Å²) in [6.07, 6.45) is 4.39. The maximum absolute atomic E-state index is 10.4. The Labute approximate surface area is 98.5 Å². The van der Waals surface area contributed by atoms with Crippen LogP contribution in [-0.2, 0) is 6.42 Å². The summed E-state index contributed by atoms with van der Waals surface area (Å²) in [5, 5.41) is 10.4. The third-order valence-corrected chi connectivity index (χ3v) is 3.62. The van der Waals surface area contributed by atoms with Gasteiger partial charge in [-0.05, 0) is 48.6 Å². The van der Waals surface area contributed by atoms with Crippen molar-refractivity contribution in [2.24, 2.45) is 11.8 Å². The first-order chi connectivity index (χ1) is 7.68. The van der Waals surface area contributed by atoms with Crippen molar-refractivity contribution < 1.29 is 5.11 Å². The molecule has 2 unspecified atom stereocenters. The maximum Gasteiger partial charge on any atom is 0.0820 e. The molecule has 1 nitrogen and oxygen atoms in total. The topological polar surface area (TPSA) is 20.2 Å². The van der Waals surface area contributed by atoms with Crippen LogP contribution < -0.4 is 0 Å². The third kappa shape index (κ3) is 2.46. The van der Waals surface area contributed by atoms with Crippen LogP contribution in [0.25, 0.3) is 0 Å². The Morgan fingerprint density at radius 1 is 1.31 bits per heavy atom. The van der Waals surface area contributed by atoms with Gasteiger partial charge in [0.15, 0.2) is 0 Å². The predicted molar refractivity (Wildman–Crippen MR) is 67.3 cm³/mol. The molecule has 0 spiro atoms. The van der Waals surface area contributed by atoms with Gasteiger partial charge in [0, 0.05) is 0 Å². The Kier molecular flexibility index (Phi) is 3.65. The normalized spacial score (nSPS) is 25.2. The van der Waals surface area contributed by atoms with Crippen molar-refractivity contribution in [2.45, 2.75) is 45.6 Å². The molecule has 0 heterocycles. The van der Waals surface area contributed by atoms with Gasteiger partial charge in [0.2, 0.25) is 0 Å². The number of aliphatic hydroxyl groups excluding tert-OH is 1. The van der Waals surface area contributed by atoms with E-state index in [1.54, 1.807) is 0 Å². The van der Waals surface area contributed by atoms with Gasteiger partial charge in [-0.3, -0.25) is 0 Å². The van der Waals surface area contributed by atoms with Crippen LogP contribution in [0.3, 0.4) is 0 Å². The summed E-state index contributed by atoms with van der Waals surface area (Å²) < 4.78 is 0. The lowest BCUT2D eigenvalue weighted by Gasteiger charge is -2.23. The van der Waals surface area contributed by atoms with Crippen molar-refractivity contribution in [3.05, 3.63) is 35.4 Å². The van der Waals surface area contributed by atoms with E-state index in [2.05, 4.69) is 32.0 Å². The molecule has 0 radical (unpaired) electrons. The molecule has 1 aromatic carbocycles. The molecule has 2 atom stereocenters. The Morgan fingerprint density at radius 3 is 2.81 bits per heavy atom. The lowest BCUT2D eigenvalue weighted by molar-refractivity contribution is 0.0919. The number of benzene rings is 1. The van der Waals surface area contributed by atoms with Crippen LogP contribution in [0.15, 0.2) is 24.3 Å². The molecule has 0 aromatic heterocycles. The SMILES string of the molecule is CC(C)CC1CCCc2ccccc2C1O. The molecule has 1 aliphatic carbocycles. The second-order valence-electron chi connectivity index (χ2n) is 5.43. The van der Waals surface area contributed by atoms with E-state index in [4.69, 9.17) is 0 Å². The molecule has 1 aromatic rings. The van der Waals surface area contributed by atoms with Crippen molar-refractivity contribution >= 4 is 0 Å². The molecule has 0 amide bonds. The lowest BCUT2D eigenvalue weighted by Crippen LogP contribution is -2.14. The van der Waals surface area contributed by atoms with E-state index in [-0.39, 0.29) is 6.10 Å². The molecule has 2 rings (SSSR count). The monoisotopic (exact) mass is 218 g/mol. The minimum absolute atomic E-state index is 0.249. The molecule has 1 aliphatic rings. The Balaban J connectivity index is 2.22. The van der Waals surface area contributed by atoms with Gasteiger partial charge in [0.1, 0.15) is 0 Å². The molecule has 0 aliphatic heterocycles. The summed E-state index contributed by atoms with van der Waals surface area (Å²) in [4.78, 5) is 0. The standard InChI is InChI=1S/C15H22O/c1-11(2)10-13-8-5-7-12-6-3-4-9-14(12)15(13)16/h3-4,6,9,11,13,15-16H,5,7-8,10H2,1-2H3. The molecule has 0 bridgehead atoms. The largest absolute Gasteiger partial charge is 0.388 e. The van der Waals surface area contributed by atoms with Gasteiger partial charge in [0.05, 0.1) is 6.10 Å². The fraction of sp³-hybridized carbons (Fsp3) is 0.600. The fourth-order valence-corrected chi connectivity index (χ4v) is 2.87. The zero-order chi connectivity index (χ0) is 11.5. The van der Waals surface area contributed by atoms with Gasteiger partial charge in [-0.15, -0.1) is 0 Å². The van der Waals surface area contributed by atoms with Crippen molar-refractivity contribution in [1.29, 1.82) is 0 Å². The Hall–Kier alpha value is -0.820. The molecule has 16 heavy (non-hydrogen) atoms. The molecule has 1 heteroatoms. The van der Waals surface area contributed by atoms with Gasteiger partial charge in [-0.25, -0.2) is 0 Å². The number of aryl methyl sites for hydroxylation is 1. The highest BCUT2D eigenvalue weighted by Gasteiger charge is 2.25. The summed E-state index contributed by atoms with van der Waals surface area (Å²) in [7, 11) is 0. The Bertz CT molecular complexity index is 343. The van der Waals surface area contributed by atoms with Gasteiger partial charge in [-0.2, -0.15) is 0 Å². The van der Waals surface area contributed by atoms with E-state index in [1.807, 2.05) is 6.07 Å². The van der Waals surface area contributed by atoms with Crippen LogP contribution in [0.1, 0.15) is 50.3 Å². The summed E-state index contributed by atoms with van der Waals surface area (Å²) in [5.74, 6) is 1.12. The molecule has 0 saturated heterocycles. The number of aliphatic hydroxyl groups is 1. The molecule has 1 N–H and O–H groups in total. The molecular weight excluding hydrogens is 196 g/mol. The van der Waals surface area contributed by atoms with Gasteiger partial charge in [0.25, 0.3) is 0 Å². The second kappa shape index (κ2) is 5.01. The van der Waals surface area contributed by atoms with Gasteiger partial charge in [-0.1, -0.05) is 38.1 Å². The number of hydrogen-bond donors (Lipinski definition) is 1. The van der Waals surface area contributed by atoms with E-state index in [1.165, 1.54) is 17.5 Å². The quantitative estimate of drug-likeness (QED) is 0.750. The average molecular weight is 218 g/mol. The van der Waals surface area contributed by atoms with Crippen molar-refractivity contribution in [3.63, 3.8) is 0 Å². The fourth-order valence-electron chi connectivity index (χ4n) is 2.87. The maximum atomic E-state index is 10.4. The van der Waals surface area contributed by atoms with Crippen LogP contribution in [0.5, 0.6) is 0 Å². The smallest absolute Gasteiger partial charge is 0.0820 e. The summed E-state index contributed by atoms with van der Waals surface area (Å²) in [5.41, 5.74) is 2.52. The lowest BCUT2D eigenvalue weighted by atomic mass is 9.86.